The predicted octanol–water partition coefficient (Wildman–Crippen LogP) is 2.58. The van der Waals surface area contributed by atoms with E-state index in [-0.39, 0.29) is 11.3 Å². The molecule has 0 aromatic heterocycles. The maximum Gasteiger partial charge on any atom is 0.264 e. The van der Waals surface area contributed by atoms with Crippen LogP contribution in [0.3, 0.4) is 0 Å². The molecule has 0 aliphatic rings. The van der Waals surface area contributed by atoms with Gasteiger partial charge in [-0.05, 0) is 30.3 Å². The van der Waals surface area contributed by atoms with Crippen molar-refractivity contribution in [2.24, 2.45) is 0 Å². The second kappa shape index (κ2) is 5.38. The van der Waals surface area contributed by atoms with E-state index in [1.165, 1.54) is 24.3 Å². The minimum absolute atomic E-state index is 0.0817. The van der Waals surface area contributed by atoms with Gasteiger partial charge in [-0.3, -0.25) is 9.52 Å². The lowest BCUT2D eigenvalue weighted by Gasteiger charge is -2.09. The molecule has 0 saturated carbocycles. The summed E-state index contributed by atoms with van der Waals surface area (Å²) < 4.78 is 52.5. The average Bonchev–Trinajstić information content (AvgIpc) is 2.41. The van der Waals surface area contributed by atoms with Gasteiger partial charge in [0.05, 0.1) is 0 Å². The number of rotatable bonds is 4. The molecule has 0 spiro atoms. The summed E-state index contributed by atoms with van der Waals surface area (Å²) >= 11 is 0. The van der Waals surface area contributed by atoms with Gasteiger partial charge in [-0.25, -0.2) is 17.2 Å². The molecule has 0 aliphatic carbocycles. The van der Waals surface area contributed by atoms with E-state index in [9.17, 15) is 22.0 Å². The van der Waals surface area contributed by atoms with Crippen molar-refractivity contribution < 1.29 is 22.0 Å². The molecule has 0 saturated heterocycles. The number of nitrogens with one attached hydrogen (secondary N) is 1. The van der Waals surface area contributed by atoms with Gasteiger partial charge in [-0.1, -0.05) is 12.1 Å². The maximum atomic E-state index is 13.5. The van der Waals surface area contributed by atoms with Gasteiger partial charge in [0.2, 0.25) is 0 Å². The summed E-state index contributed by atoms with van der Waals surface area (Å²) in [5.41, 5.74) is 0.336. The van der Waals surface area contributed by atoms with Crippen molar-refractivity contribution in [1.29, 1.82) is 0 Å². The average molecular weight is 297 g/mol. The molecule has 0 atom stereocenters. The Bertz CT molecular complexity index is 760. The molecule has 0 heterocycles. The molecule has 0 unspecified atom stereocenters. The Balaban J connectivity index is 2.40. The van der Waals surface area contributed by atoms with Crippen molar-refractivity contribution in [2.75, 3.05) is 4.72 Å². The van der Waals surface area contributed by atoms with Crippen LogP contribution in [-0.4, -0.2) is 14.7 Å². The predicted molar refractivity (Wildman–Crippen MR) is 69.0 cm³/mol. The van der Waals surface area contributed by atoms with E-state index in [0.29, 0.717) is 12.4 Å². The number of hydrogen-bond acceptors (Lipinski definition) is 3. The van der Waals surface area contributed by atoms with Crippen LogP contribution in [0.5, 0.6) is 0 Å². The Hall–Kier alpha value is -2.28. The molecule has 104 valence electrons. The van der Waals surface area contributed by atoms with Crippen LogP contribution in [0.25, 0.3) is 0 Å². The summed E-state index contributed by atoms with van der Waals surface area (Å²) in [4.78, 5) is 9.81. The smallest absolute Gasteiger partial charge is 0.264 e. The molecular formula is C13H9F2NO3S. The Morgan fingerprint density at radius 3 is 2.50 bits per heavy atom. The van der Waals surface area contributed by atoms with Crippen molar-refractivity contribution in [3.05, 3.63) is 59.7 Å². The van der Waals surface area contributed by atoms with Crippen molar-refractivity contribution in [1.82, 2.24) is 0 Å². The first-order valence-electron chi connectivity index (χ1n) is 5.45. The van der Waals surface area contributed by atoms with Crippen LogP contribution in [0.2, 0.25) is 0 Å². The first-order valence-corrected chi connectivity index (χ1v) is 6.94. The van der Waals surface area contributed by atoms with E-state index in [0.717, 1.165) is 12.1 Å². The monoisotopic (exact) mass is 297 g/mol. The molecule has 0 amide bonds. The second-order valence-corrected chi connectivity index (χ2v) is 5.57. The molecule has 20 heavy (non-hydrogen) atoms. The van der Waals surface area contributed by atoms with E-state index in [1.807, 2.05) is 0 Å². The normalized spacial score (nSPS) is 11.1. The molecule has 2 rings (SSSR count). The third kappa shape index (κ3) is 3.00. The van der Waals surface area contributed by atoms with E-state index in [4.69, 9.17) is 0 Å². The van der Waals surface area contributed by atoms with Gasteiger partial charge < -0.3 is 0 Å². The lowest BCUT2D eigenvalue weighted by atomic mass is 10.2. The van der Waals surface area contributed by atoms with Gasteiger partial charge in [0, 0.05) is 11.3 Å². The largest absolute Gasteiger partial charge is 0.298 e. The number of benzene rings is 2. The number of carbonyl (C=O) groups excluding carboxylic acids is 1. The first kappa shape index (κ1) is 14.1. The van der Waals surface area contributed by atoms with Gasteiger partial charge in [0.15, 0.2) is 0 Å². The summed E-state index contributed by atoms with van der Waals surface area (Å²) in [5.74, 6) is -1.93. The highest BCUT2D eigenvalue weighted by atomic mass is 32.2. The molecule has 7 heteroatoms. The third-order valence-electron chi connectivity index (χ3n) is 2.46. The lowest BCUT2D eigenvalue weighted by Crippen LogP contribution is -2.15. The molecule has 0 radical (unpaired) electrons. The third-order valence-corrected chi connectivity index (χ3v) is 3.85. The van der Waals surface area contributed by atoms with Gasteiger partial charge in [0.1, 0.15) is 22.8 Å². The standard InChI is InChI=1S/C13H9F2NO3S/c14-10-4-5-12(15)13(7-10)20(18,19)16-11-3-1-2-9(6-11)8-17/h1-8,16H. The van der Waals surface area contributed by atoms with Crippen molar-refractivity contribution in [2.45, 2.75) is 4.90 Å². The zero-order valence-electron chi connectivity index (χ0n) is 10.0. The number of aldehydes is 1. The Labute approximate surface area is 114 Å². The fourth-order valence-electron chi connectivity index (χ4n) is 1.57. The molecule has 0 fully saturated rings. The Kier molecular flexibility index (Phi) is 3.80. The van der Waals surface area contributed by atoms with E-state index >= 15 is 0 Å². The molecule has 2 aromatic carbocycles. The summed E-state index contributed by atoms with van der Waals surface area (Å²) in [6.07, 6.45) is 0.542. The van der Waals surface area contributed by atoms with Gasteiger partial charge in [-0.2, -0.15) is 0 Å². The van der Waals surface area contributed by atoms with E-state index in [1.54, 1.807) is 0 Å². The molecule has 4 nitrogen and oxygen atoms in total. The topological polar surface area (TPSA) is 63.2 Å². The highest BCUT2D eigenvalue weighted by Crippen LogP contribution is 2.20. The summed E-state index contributed by atoms with van der Waals surface area (Å²) in [6.45, 7) is 0. The minimum Gasteiger partial charge on any atom is -0.298 e. The fourth-order valence-corrected chi connectivity index (χ4v) is 2.71. The summed E-state index contributed by atoms with van der Waals surface area (Å²) in [7, 11) is -4.27. The molecule has 1 N–H and O–H groups in total. The first-order chi connectivity index (χ1) is 9.42. The number of anilines is 1. The fraction of sp³-hybridized carbons (Fsp3) is 0. The van der Waals surface area contributed by atoms with E-state index in [2.05, 4.69) is 4.72 Å². The zero-order chi connectivity index (χ0) is 14.8. The molecule has 0 bridgehead atoms. The van der Waals surface area contributed by atoms with Crippen LogP contribution in [0.1, 0.15) is 10.4 Å². The number of carbonyl (C=O) groups is 1. The number of sulfonamides is 1. The van der Waals surface area contributed by atoms with Gasteiger partial charge in [-0.15, -0.1) is 0 Å². The van der Waals surface area contributed by atoms with Crippen LogP contribution in [0.4, 0.5) is 14.5 Å². The minimum atomic E-state index is -4.27. The van der Waals surface area contributed by atoms with Crippen molar-refractivity contribution >= 4 is 22.0 Å². The maximum absolute atomic E-state index is 13.5. The van der Waals surface area contributed by atoms with Gasteiger partial charge >= 0.3 is 0 Å². The molecule has 2 aromatic rings. The van der Waals surface area contributed by atoms with Crippen LogP contribution in [-0.2, 0) is 10.0 Å². The summed E-state index contributed by atoms with van der Waals surface area (Å²) in [6, 6.07) is 7.74. The van der Waals surface area contributed by atoms with E-state index < -0.39 is 26.6 Å². The SMILES string of the molecule is O=Cc1cccc(NS(=O)(=O)c2cc(F)ccc2F)c1. The van der Waals surface area contributed by atoms with Gasteiger partial charge in [0.25, 0.3) is 10.0 Å². The Morgan fingerprint density at radius 2 is 1.80 bits per heavy atom. The zero-order valence-corrected chi connectivity index (χ0v) is 10.8. The lowest BCUT2D eigenvalue weighted by molar-refractivity contribution is 0.112. The van der Waals surface area contributed by atoms with Crippen molar-refractivity contribution in [3.63, 3.8) is 0 Å². The highest BCUT2D eigenvalue weighted by Gasteiger charge is 2.20. The second-order valence-electron chi connectivity index (χ2n) is 3.92. The van der Waals surface area contributed by atoms with Crippen LogP contribution >= 0.6 is 0 Å². The quantitative estimate of drug-likeness (QED) is 0.882. The Morgan fingerprint density at radius 1 is 1.05 bits per heavy atom. The summed E-state index contributed by atoms with van der Waals surface area (Å²) in [5, 5.41) is 0. The van der Waals surface area contributed by atoms with Crippen LogP contribution < -0.4 is 4.72 Å². The number of hydrogen-bond donors (Lipinski definition) is 1. The highest BCUT2D eigenvalue weighted by molar-refractivity contribution is 7.92. The molecular weight excluding hydrogens is 288 g/mol. The van der Waals surface area contributed by atoms with Crippen LogP contribution in [0.15, 0.2) is 47.4 Å². The van der Waals surface area contributed by atoms with Crippen LogP contribution in [0, 0.1) is 11.6 Å². The number of halogens is 2. The van der Waals surface area contributed by atoms with Crippen molar-refractivity contribution in [3.8, 4) is 0 Å². The molecule has 0 aliphatic heterocycles.